The van der Waals surface area contributed by atoms with Gasteiger partial charge in [0.25, 0.3) is 0 Å². The van der Waals surface area contributed by atoms with Crippen molar-refractivity contribution in [3.05, 3.63) is 21.3 Å². The number of hydrogen-bond acceptors (Lipinski definition) is 3. The van der Waals surface area contributed by atoms with Gasteiger partial charge in [0.15, 0.2) is 0 Å². The smallest absolute Gasteiger partial charge is 0.0931 e. The van der Waals surface area contributed by atoms with E-state index >= 15 is 0 Å². The maximum absolute atomic E-state index is 6.04. The Kier molecular flexibility index (Phi) is 4.25. The van der Waals surface area contributed by atoms with E-state index in [1.54, 1.807) is 11.3 Å². The molecular formula is C12H19ClN2S. The van der Waals surface area contributed by atoms with E-state index in [1.165, 1.54) is 17.7 Å². The summed E-state index contributed by atoms with van der Waals surface area (Å²) in [5, 5.41) is 3.42. The Hall–Kier alpha value is -0.0900. The molecule has 1 aliphatic rings. The third-order valence-corrected chi connectivity index (χ3v) is 4.57. The van der Waals surface area contributed by atoms with E-state index in [4.69, 9.17) is 11.6 Å². The van der Waals surface area contributed by atoms with Gasteiger partial charge in [-0.05, 0) is 58.1 Å². The molecule has 0 spiro atoms. The highest BCUT2D eigenvalue weighted by atomic mass is 35.5. The van der Waals surface area contributed by atoms with E-state index in [0.717, 1.165) is 23.3 Å². The summed E-state index contributed by atoms with van der Waals surface area (Å²) in [4.78, 5) is 3.74. The molecule has 0 aromatic carbocycles. The summed E-state index contributed by atoms with van der Waals surface area (Å²) in [5.41, 5.74) is 0. The van der Waals surface area contributed by atoms with Gasteiger partial charge < -0.3 is 10.2 Å². The molecule has 0 bridgehead atoms. The highest BCUT2D eigenvalue weighted by molar-refractivity contribution is 7.16. The highest BCUT2D eigenvalue weighted by Crippen LogP contribution is 2.37. The molecule has 2 heterocycles. The van der Waals surface area contributed by atoms with Crippen LogP contribution < -0.4 is 5.32 Å². The molecule has 2 nitrogen and oxygen atoms in total. The topological polar surface area (TPSA) is 15.3 Å². The molecule has 0 amide bonds. The Labute approximate surface area is 107 Å². The van der Waals surface area contributed by atoms with Crippen LogP contribution in [0.4, 0.5) is 0 Å². The summed E-state index contributed by atoms with van der Waals surface area (Å²) in [6.45, 7) is 2.29. The minimum atomic E-state index is 0.527. The maximum Gasteiger partial charge on any atom is 0.0931 e. The zero-order valence-electron chi connectivity index (χ0n) is 9.87. The van der Waals surface area contributed by atoms with Crippen LogP contribution in [0.5, 0.6) is 0 Å². The molecule has 0 radical (unpaired) electrons. The normalized spacial score (nSPS) is 20.2. The van der Waals surface area contributed by atoms with Crippen LogP contribution in [-0.2, 0) is 0 Å². The number of thiophene rings is 1. The first-order valence-electron chi connectivity index (χ1n) is 5.81. The largest absolute Gasteiger partial charge is 0.317 e. The van der Waals surface area contributed by atoms with E-state index in [0.29, 0.717) is 6.04 Å². The van der Waals surface area contributed by atoms with Crippen LogP contribution in [-0.4, -0.2) is 32.1 Å². The van der Waals surface area contributed by atoms with Crippen LogP contribution in [0.1, 0.15) is 23.8 Å². The molecule has 1 aromatic rings. The van der Waals surface area contributed by atoms with Gasteiger partial charge in [0.05, 0.1) is 4.34 Å². The lowest BCUT2D eigenvalue weighted by molar-refractivity contribution is 0.181. The molecule has 0 saturated carbocycles. The lowest BCUT2D eigenvalue weighted by atomic mass is 9.88. The van der Waals surface area contributed by atoms with Gasteiger partial charge in [-0.15, -0.1) is 11.3 Å². The minimum absolute atomic E-state index is 0.527. The van der Waals surface area contributed by atoms with Crippen molar-refractivity contribution in [1.82, 2.24) is 10.2 Å². The second-order valence-electron chi connectivity index (χ2n) is 4.64. The lowest BCUT2D eigenvalue weighted by Gasteiger charge is -2.34. The van der Waals surface area contributed by atoms with Crippen LogP contribution in [0.15, 0.2) is 12.1 Å². The van der Waals surface area contributed by atoms with Gasteiger partial charge in [0.1, 0.15) is 0 Å². The molecule has 1 unspecified atom stereocenters. The van der Waals surface area contributed by atoms with Gasteiger partial charge in [-0.25, -0.2) is 0 Å². The number of nitrogens with zero attached hydrogens (tertiary/aromatic N) is 1. The van der Waals surface area contributed by atoms with E-state index in [-0.39, 0.29) is 0 Å². The predicted octanol–water partition coefficient (Wildman–Crippen LogP) is 3.00. The Bertz CT molecular complexity index is 332. The van der Waals surface area contributed by atoms with Crippen LogP contribution >= 0.6 is 22.9 Å². The van der Waals surface area contributed by atoms with Crippen molar-refractivity contribution >= 4 is 22.9 Å². The maximum atomic E-state index is 6.04. The van der Waals surface area contributed by atoms with E-state index in [1.807, 2.05) is 6.07 Å². The molecule has 90 valence electrons. The average molecular weight is 259 g/mol. The van der Waals surface area contributed by atoms with Gasteiger partial charge >= 0.3 is 0 Å². The molecule has 2 rings (SSSR count). The van der Waals surface area contributed by atoms with Crippen molar-refractivity contribution in [3.8, 4) is 0 Å². The van der Waals surface area contributed by atoms with Gasteiger partial charge in [-0.2, -0.15) is 0 Å². The zero-order chi connectivity index (χ0) is 11.5. The number of halogens is 1. The number of rotatable bonds is 3. The first kappa shape index (κ1) is 12.4. The first-order valence-corrected chi connectivity index (χ1v) is 7.00. The summed E-state index contributed by atoms with van der Waals surface area (Å²) in [7, 11) is 4.33. The summed E-state index contributed by atoms with van der Waals surface area (Å²) in [5.74, 6) is 0.756. The third kappa shape index (κ3) is 2.77. The van der Waals surface area contributed by atoms with Crippen LogP contribution in [0, 0.1) is 5.92 Å². The van der Waals surface area contributed by atoms with Crippen LogP contribution in [0.3, 0.4) is 0 Å². The monoisotopic (exact) mass is 258 g/mol. The Morgan fingerprint density at radius 2 is 2.06 bits per heavy atom. The lowest BCUT2D eigenvalue weighted by Crippen LogP contribution is -2.35. The van der Waals surface area contributed by atoms with Crippen molar-refractivity contribution < 1.29 is 0 Å². The molecule has 16 heavy (non-hydrogen) atoms. The molecule has 4 heteroatoms. The molecule has 1 aromatic heterocycles. The molecule has 0 aliphatic carbocycles. The summed E-state index contributed by atoms with van der Waals surface area (Å²) in [6.07, 6.45) is 2.52. The first-order chi connectivity index (χ1) is 7.68. The SMILES string of the molecule is CN(C)C(c1ccc(Cl)s1)C1CCNCC1. The molecule has 1 N–H and O–H groups in total. The quantitative estimate of drug-likeness (QED) is 0.897. The van der Waals surface area contributed by atoms with Crippen molar-refractivity contribution in [2.24, 2.45) is 5.92 Å². The van der Waals surface area contributed by atoms with Crippen LogP contribution in [0.2, 0.25) is 4.34 Å². The van der Waals surface area contributed by atoms with Gasteiger partial charge in [0, 0.05) is 10.9 Å². The highest BCUT2D eigenvalue weighted by Gasteiger charge is 2.27. The summed E-state index contributed by atoms with van der Waals surface area (Å²) >= 11 is 7.76. The molecule has 1 aliphatic heterocycles. The zero-order valence-corrected chi connectivity index (χ0v) is 11.4. The fourth-order valence-electron chi connectivity index (χ4n) is 2.56. The second kappa shape index (κ2) is 5.50. The fourth-order valence-corrected chi connectivity index (χ4v) is 3.91. The average Bonchev–Trinajstić information content (AvgIpc) is 2.66. The van der Waals surface area contributed by atoms with Gasteiger partial charge in [0.2, 0.25) is 0 Å². The third-order valence-electron chi connectivity index (χ3n) is 3.27. The van der Waals surface area contributed by atoms with Crippen molar-refractivity contribution in [2.45, 2.75) is 18.9 Å². The Morgan fingerprint density at radius 1 is 1.38 bits per heavy atom. The standard InChI is InChI=1S/C12H19ClN2S/c1-15(2)12(9-5-7-14-8-6-9)10-3-4-11(13)16-10/h3-4,9,12,14H,5-8H2,1-2H3. The van der Waals surface area contributed by atoms with Gasteiger partial charge in [-0.3, -0.25) is 0 Å². The fraction of sp³-hybridized carbons (Fsp3) is 0.667. The van der Waals surface area contributed by atoms with E-state index in [2.05, 4.69) is 30.4 Å². The summed E-state index contributed by atoms with van der Waals surface area (Å²) in [6, 6.07) is 4.72. The summed E-state index contributed by atoms with van der Waals surface area (Å²) < 4.78 is 0.899. The minimum Gasteiger partial charge on any atom is -0.317 e. The Morgan fingerprint density at radius 3 is 2.56 bits per heavy atom. The molecule has 1 saturated heterocycles. The van der Waals surface area contributed by atoms with Crippen LogP contribution in [0.25, 0.3) is 0 Å². The molecule has 1 fully saturated rings. The van der Waals surface area contributed by atoms with Crippen molar-refractivity contribution in [1.29, 1.82) is 0 Å². The van der Waals surface area contributed by atoms with Crippen molar-refractivity contribution in [2.75, 3.05) is 27.2 Å². The van der Waals surface area contributed by atoms with Gasteiger partial charge in [-0.1, -0.05) is 11.6 Å². The molecular weight excluding hydrogens is 240 g/mol. The van der Waals surface area contributed by atoms with Crippen molar-refractivity contribution in [3.63, 3.8) is 0 Å². The Balaban J connectivity index is 2.16. The number of hydrogen-bond donors (Lipinski definition) is 1. The molecule has 1 atom stereocenters. The number of nitrogens with one attached hydrogen (secondary N) is 1. The predicted molar refractivity (Wildman–Crippen MR) is 71.4 cm³/mol. The van der Waals surface area contributed by atoms with E-state index < -0.39 is 0 Å². The second-order valence-corrected chi connectivity index (χ2v) is 6.38. The number of piperidine rings is 1. The van der Waals surface area contributed by atoms with E-state index in [9.17, 15) is 0 Å².